The average Bonchev–Trinajstić information content (AvgIpc) is 2.99. The van der Waals surface area contributed by atoms with E-state index in [1.165, 1.54) is 12.0 Å². The molecule has 2 amide bonds. The van der Waals surface area contributed by atoms with E-state index in [0.717, 1.165) is 33.5 Å². The summed E-state index contributed by atoms with van der Waals surface area (Å²) >= 11 is 0. The van der Waals surface area contributed by atoms with Crippen LogP contribution >= 0.6 is 0 Å². The zero-order valence-corrected chi connectivity index (χ0v) is 18.9. The van der Waals surface area contributed by atoms with Gasteiger partial charge in [-0.2, -0.15) is 0 Å². The molecule has 0 spiro atoms. The topological polar surface area (TPSA) is 58.6 Å². The van der Waals surface area contributed by atoms with Gasteiger partial charge >= 0.3 is 0 Å². The number of imide groups is 1. The highest BCUT2D eigenvalue weighted by atomic mass is 16.5. The Labute approximate surface area is 188 Å². The predicted molar refractivity (Wildman–Crippen MR) is 128 cm³/mol. The molecule has 5 heteroatoms. The van der Waals surface area contributed by atoms with Gasteiger partial charge in [-0.05, 0) is 62.6 Å². The van der Waals surface area contributed by atoms with E-state index in [4.69, 9.17) is 4.74 Å². The third kappa shape index (κ3) is 3.66. The number of nitrogens with zero attached hydrogens (tertiary/aromatic N) is 1. The summed E-state index contributed by atoms with van der Waals surface area (Å²) in [5.41, 5.74) is 6.71. The summed E-state index contributed by atoms with van der Waals surface area (Å²) in [6, 6.07) is 18.9. The molecular weight excluding hydrogens is 400 g/mol. The van der Waals surface area contributed by atoms with Crippen molar-refractivity contribution < 1.29 is 14.3 Å². The smallest absolute Gasteiger partial charge is 0.282 e. The maximum absolute atomic E-state index is 13.7. The minimum absolute atomic E-state index is 0.264. The first-order valence-electron chi connectivity index (χ1n) is 10.5. The second-order valence-corrected chi connectivity index (χ2v) is 8.13. The van der Waals surface area contributed by atoms with Crippen molar-refractivity contribution in [3.8, 4) is 5.75 Å². The van der Waals surface area contributed by atoms with Gasteiger partial charge in [0.15, 0.2) is 0 Å². The van der Waals surface area contributed by atoms with Crippen LogP contribution in [-0.2, 0) is 9.59 Å². The van der Waals surface area contributed by atoms with Crippen LogP contribution in [0.2, 0.25) is 0 Å². The Morgan fingerprint density at radius 3 is 2.09 bits per heavy atom. The molecule has 3 aromatic rings. The van der Waals surface area contributed by atoms with Crippen LogP contribution in [0, 0.1) is 27.7 Å². The van der Waals surface area contributed by atoms with Crippen molar-refractivity contribution in [2.24, 2.45) is 0 Å². The van der Waals surface area contributed by atoms with Crippen molar-refractivity contribution >= 4 is 28.8 Å². The molecule has 1 heterocycles. The summed E-state index contributed by atoms with van der Waals surface area (Å²) in [7, 11) is 1.52. The average molecular weight is 427 g/mol. The predicted octanol–water partition coefficient (Wildman–Crippen LogP) is 5.33. The van der Waals surface area contributed by atoms with Gasteiger partial charge < -0.3 is 10.1 Å². The van der Waals surface area contributed by atoms with E-state index in [-0.39, 0.29) is 11.6 Å². The Balaban J connectivity index is 1.89. The van der Waals surface area contributed by atoms with Gasteiger partial charge in [0.2, 0.25) is 0 Å². The fourth-order valence-corrected chi connectivity index (χ4v) is 4.11. The number of hydrogen-bond acceptors (Lipinski definition) is 4. The van der Waals surface area contributed by atoms with Crippen LogP contribution in [0.15, 0.2) is 66.4 Å². The van der Waals surface area contributed by atoms with E-state index >= 15 is 0 Å². The Hall–Kier alpha value is -3.86. The molecule has 4 rings (SSSR count). The molecule has 32 heavy (non-hydrogen) atoms. The largest absolute Gasteiger partial charge is 0.495 e. The maximum atomic E-state index is 13.7. The Morgan fingerprint density at radius 2 is 1.44 bits per heavy atom. The van der Waals surface area contributed by atoms with Gasteiger partial charge in [0.1, 0.15) is 11.4 Å². The monoisotopic (exact) mass is 426 g/mol. The highest BCUT2D eigenvalue weighted by molar-refractivity contribution is 6.46. The van der Waals surface area contributed by atoms with Crippen LogP contribution in [0.25, 0.3) is 5.57 Å². The molecule has 162 valence electrons. The molecule has 0 bridgehead atoms. The minimum atomic E-state index is -0.408. The molecule has 0 aliphatic carbocycles. The molecule has 0 atom stereocenters. The van der Waals surface area contributed by atoms with Gasteiger partial charge in [0.05, 0.1) is 18.4 Å². The second kappa shape index (κ2) is 8.35. The number of anilines is 2. The third-order valence-electron chi connectivity index (χ3n) is 5.70. The first-order valence-corrected chi connectivity index (χ1v) is 10.5. The highest BCUT2D eigenvalue weighted by Crippen LogP contribution is 2.38. The highest BCUT2D eigenvalue weighted by Gasteiger charge is 2.41. The second-order valence-electron chi connectivity index (χ2n) is 8.13. The van der Waals surface area contributed by atoms with Gasteiger partial charge in [0.25, 0.3) is 11.8 Å². The lowest BCUT2D eigenvalue weighted by atomic mass is 9.97. The van der Waals surface area contributed by atoms with Crippen LogP contribution < -0.4 is 15.0 Å². The standard InChI is InChI=1S/C27H26N2O3/c1-16-10-12-20(18(3)14-16)24-25(28-21-13-11-17(2)15-19(21)4)27(31)29(26(24)30)22-8-6-7-9-23(22)32-5/h6-15,28H,1-5H3. The number of carbonyl (C=O) groups excluding carboxylic acids is 2. The van der Waals surface area contributed by atoms with Crippen LogP contribution in [0.1, 0.15) is 27.8 Å². The van der Waals surface area contributed by atoms with Gasteiger partial charge in [0, 0.05) is 5.69 Å². The molecule has 0 saturated heterocycles. The lowest BCUT2D eigenvalue weighted by molar-refractivity contribution is -0.120. The molecule has 1 aliphatic heterocycles. The Bertz CT molecular complexity index is 1270. The third-order valence-corrected chi connectivity index (χ3v) is 5.70. The number of aryl methyl sites for hydroxylation is 4. The molecule has 0 aromatic heterocycles. The van der Waals surface area contributed by atoms with E-state index < -0.39 is 5.91 Å². The fraction of sp³-hybridized carbons (Fsp3) is 0.185. The van der Waals surface area contributed by atoms with Crippen LogP contribution in [0.4, 0.5) is 11.4 Å². The maximum Gasteiger partial charge on any atom is 0.282 e. The van der Waals surface area contributed by atoms with Gasteiger partial charge in [-0.25, -0.2) is 4.90 Å². The summed E-state index contributed by atoms with van der Waals surface area (Å²) in [6.07, 6.45) is 0. The Morgan fingerprint density at radius 1 is 0.781 bits per heavy atom. The van der Waals surface area contributed by atoms with E-state index in [1.54, 1.807) is 24.3 Å². The van der Waals surface area contributed by atoms with Gasteiger partial charge in [-0.3, -0.25) is 9.59 Å². The van der Waals surface area contributed by atoms with Crippen molar-refractivity contribution in [1.82, 2.24) is 0 Å². The normalized spacial score (nSPS) is 13.7. The number of rotatable bonds is 5. The molecule has 3 aromatic carbocycles. The number of amides is 2. The summed E-state index contributed by atoms with van der Waals surface area (Å²) in [4.78, 5) is 28.6. The molecule has 1 N–H and O–H groups in total. The number of ether oxygens (including phenoxy) is 1. The van der Waals surface area contributed by atoms with Crippen molar-refractivity contribution in [1.29, 1.82) is 0 Å². The number of methoxy groups -OCH3 is 1. The zero-order valence-electron chi connectivity index (χ0n) is 18.9. The number of benzene rings is 3. The quantitative estimate of drug-likeness (QED) is 0.561. The van der Waals surface area contributed by atoms with Crippen LogP contribution in [0.3, 0.4) is 0 Å². The molecule has 0 radical (unpaired) electrons. The molecule has 0 fully saturated rings. The number of nitrogens with one attached hydrogen (secondary N) is 1. The lowest BCUT2D eigenvalue weighted by Gasteiger charge is -2.18. The number of para-hydroxylation sites is 2. The number of carbonyl (C=O) groups is 2. The van der Waals surface area contributed by atoms with Gasteiger partial charge in [-0.15, -0.1) is 0 Å². The molecule has 5 nitrogen and oxygen atoms in total. The summed E-state index contributed by atoms with van der Waals surface area (Å²) in [5, 5.41) is 3.27. The zero-order chi connectivity index (χ0) is 23.0. The van der Waals surface area contributed by atoms with E-state index in [9.17, 15) is 9.59 Å². The van der Waals surface area contributed by atoms with Crippen molar-refractivity contribution in [2.75, 3.05) is 17.3 Å². The summed E-state index contributed by atoms with van der Waals surface area (Å²) in [6.45, 7) is 7.95. The van der Waals surface area contributed by atoms with Crippen molar-refractivity contribution in [3.63, 3.8) is 0 Å². The SMILES string of the molecule is COc1ccccc1N1C(=O)C(Nc2ccc(C)cc2C)=C(c2ccc(C)cc2C)C1=O. The summed E-state index contributed by atoms with van der Waals surface area (Å²) < 4.78 is 5.44. The van der Waals surface area contributed by atoms with Gasteiger partial charge in [-0.1, -0.05) is 53.6 Å². The van der Waals surface area contributed by atoms with E-state index in [2.05, 4.69) is 5.32 Å². The lowest BCUT2D eigenvalue weighted by Crippen LogP contribution is -2.32. The van der Waals surface area contributed by atoms with E-state index in [1.807, 2.05) is 64.1 Å². The Kier molecular flexibility index (Phi) is 5.57. The first-order chi connectivity index (χ1) is 15.3. The minimum Gasteiger partial charge on any atom is -0.495 e. The number of hydrogen-bond donors (Lipinski definition) is 1. The molecule has 1 aliphatic rings. The van der Waals surface area contributed by atoms with E-state index in [0.29, 0.717) is 17.0 Å². The molecule has 0 saturated carbocycles. The molecular formula is C27H26N2O3. The van der Waals surface area contributed by atoms with Crippen LogP contribution in [-0.4, -0.2) is 18.9 Å². The van der Waals surface area contributed by atoms with Crippen molar-refractivity contribution in [2.45, 2.75) is 27.7 Å². The fourth-order valence-electron chi connectivity index (χ4n) is 4.11. The molecule has 0 unspecified atom stereocenters. The first kappa shape index (κ1) is 21.4. The van der Waals surface area contributed by atoms with Crippen LogP contribution in [0.5, 0.6) is 5.75 Å². The van der Waals surface area contributed by atoms with Crippen molar-refractivity contribution in [3.05, 3.63) is 94.2 Å². The summed E-state index contributed by atoms with van der Waals surface area (Å²) in [5.74, 6) is -0.324.